The standard InChI is InChI=1S/C21H22ClF3N2O2/c1-27-12-13-7-9-20(27,10-8-13)18(16-6-3-11-29-16)26-19(28)14-4-2-5-15(17(14)22)21(23,24)25/h2-6,11,13,18H,7-10,12H2,1H3,(H,26,28). The lowest BCUT2D eigenvalue weighted by Crippen LogP contribution is -2.62. The molecule has 0 radical (unpaired) electrons. The lowest BCUT2D eigenvalue weighted by Gasteiger charge is -2.56. The molecule has 2 aromatic rings. The number of hydrogen-bond donors (Lipinski definition) is 1. The van der Waals surface area contributed by atoms with Crippen LogP contribution < -0.4 is 5.32 Å². The van der Waals surface area contributed by atoms with E-state index in [1.165, 1.54) is 18.4 Å². The lowest BCUT2D eigenvalue weighted by atomic mass is 9.66. The van der Waals surface area contributed by atoms with Gasteiger partial charge in [0.25, 0.3) is 5.91 Å². The molecule has 1 saturated carbocycles. The van der Waals surface area contributed by atoms with Crippen molar-refractivity contribution in [3.63, 3.8) is 0 Å². The molecule has 29 heavy (non-hydrogen) atoms. The minimum absolute atomic E-state index is 0.193. The first-order valence-electron chi connectivity index (χ1n) is 9.63. The molecule has 1 atom stereocenters. The van der Waals surface area contributed by atoms with Gasteiger partial charge in [-0.15, -0.1) is 0 Å². The Kier molecular flexibility index (Phi) is 5.15. The largest absolute Gasteiger partial charge is 0.467 e. The van der Waals surface area contributed by atoms with Gasteiger partial charge in [-0.2, -0.15) is 13.2 Å². The Morgan fingerprint density at radius 2 is 2.00 bits per heavy atom. The molecule has 2 aliphatic heterocycles. The number of rotatable bonds is 4. The zero-order valence-electron chi connectivity index (χ0n) is 15.9. The summed E-state index contributed by atoms with van der Waals surface area (Å²) in [6, 6.07) is 6.44. The van der Waals surface area contributed by atoms with Crippen LogP contribution in [0.3, 0.4) is 0 Å². The molecule has 0 spiro atoms. The number of nitrogens with zero attached hydrogens (tertiary/aromatic N) is 1. The Balaban J connectivity index is 1.69. The quantitative estimate of drug-likeness (QED) is 0.721. The molecule has 1 aromatic carbocycles. The van der Waals surface area contributed by atoms with Crippen molar-refractivity contribution in [3.8, 4) is 0 Å². The summed E-state index contributed by atoms with van der Waals surface area (Å²) in [5, 5.41) is 2.36. The van der Waals surface area contributed by atoms with Crippen LogP contribution in [0.2, 0.25) is 5.02 Å². The average molecular weight is 427 g/mol. The molecule has 5 rings (SSSR count). The van der Waals surface area contributed by atoms with Gasteiger partial charge in [-0.3, -0.25) is 9.69 Å². The molecule has 1 unspecified atom stereocenters. The fraction of sp³-hybridized carbons (Fsp3) is 0.476. The number of nitrogens with one attached hydrogen (secondary N) is 1. The van der Waals surface area contributed by atoms with Crippen molar-refractivity contribution in [2.75, 3.05) is 13.6 Å². The van der Waals surface area contributed by atoms with Crippen molar-refractivity contribution in [2.45, 2.75) is 43.4 Å². The van der Waals surface area contributed by atoms with E-state index >= 15 is 0 Å². The van der Waals surface area contributed by atoms with Gasteiger partial charge < -0.3 is 9.73 Å². The number of furan rings is 1. The summed E-state index contributed by atoms with van der Waals surface area (Å²) in [4.78, 5) is 15.3. The Morgan fingerprint density at radius 1 is 1.28 bits per heavy atom. The maximum Gasteiger partial charge on any atom is 0.417 e. The van der Waals surface area contributed by atoms with Crippen LogP contribution in [-0.4, -0.2) is 29.9 Å². The van der Waals surface area contributed by atoms with E-state index < -0.39 is 28.7 Å². The van der Waals surface area contributed by atoms with E-state index in [0.29, 0.717) is 11.7 Å². The second-order valence-corrected chi connectivity index (χ2v) is 8.39. The number of likely N-dealkylation sites (N-methyl/N-ethyl adjacent to an activating group) is 1. The van der Waals surface area contributed by atoms with Gasteiger partial charge in [-0.25, -0.2) is 0 Å². The molecule has 1 N–H and O–H groups in total. The zero-order valence-corrected chi connectivity index (χ0v) is 16.7. The molecule has 156 valence electrons. The van der Waals surface area contributed by atoms with E-state index in [4.69, 9.17) is 16.0 Å². The predicted octanol–water partition coefficient (Wildman–Crippen LogP) is 5.30. The molecule has 1 aromatic heterocycles. The molecule has 1 amide bonds. The van der Waals surface area contributed by atoms with Crippen LogP contribution >= 0.6 is 11.6 Å². The topological polar surface area (TPSA) is 45.5 Å². The number of carbonyl (C=O) groups is 1. The third-order valence-electron chi connectivity index (χ3n) is 6.45. The monoisotopic (exact) mass is 426 g/mol. The van der Waals surface area contributed by atoms with E-state index in [0.717, 1.165) is 38.3 Å². The molecule has 8 heteroatoms. The van der Waals surface area contributed by atoms with Gasteiger partial charge in [0, 0.05) is 12.1 Å². The number of halogens is 4. The van der Waals surface area contributed by atoms with Crippen molar-refractivity contribution in [1.82, 2.24) is 10.2 Å². The highest BCUT2D eigenvalue weighted by Gasteiger charge is 2.51. The first kappa shape index (κ1) is 20.3. The number of piperidine rings is 2. The molecular weight excluding hydrogens is 405 g/mol. The second-order valence-electron chi connectivity index (χ2n) is 8.01. The third kappa shape index (κ3) is 3.55. The highest BCUT2D eigenvalue weighted by atomic mass is 35.5. The predicted molar refractivity (Wildman–Crippen MR) is 103 cm³/mol. The fourth-order valence-corrected chi connectivity index (χ4v) is 5.20. The van der Waals surface area contributed by atoms with Crippen LogP contribution in [0.4, 0.5) is 13.2 Å². The molecular formula is C21H22ClF3N2O2. The SMILES string of the molecule is CN1CC2CCC1(C(NC(=O)c1cccc(C(F)(F)F)c1Cl)c1ccco1)CC2. The normalized spacial score (nSPS) is 25.8. The van der Waals surface area contributed by atoms with E-state index in [-0.39, 0.29) is 11.1 Å². The van der Waals surface area contributed by atoms with Crippen LogP contribution in [-0.2, 0) is 6.18 Å². The molecule has 3 aliphatic rings. The van der Waals surface area contributed by atoms with Gasteiger partial charge in [0.15, 0.2) is 0 Å². The van der Waals surface area contributed by atoms with E-state index in [9.17, 15) is 18.0 Å². The van der Waals surface area contributed by atoms with Gasteiger partial charge in [0.05, 0.1) is 22.4 Å². The summed E-state index contributed by atoms with van der Waals surface area (Å²) in [5.74, 6) is 0.597. The molecule has 4 nitrogen and oxygen atoms in total. The summed E-state index contributed by atoms with van der Waals surface area (Å²) in [5.41, 5.74) is -1.55. The number of hydrogen-bond acceptors (Lipinski definition) is 3. The van der Waals surface area contributed by atoms with Crippen molar-refractivity contribution in [1.29, 1.82) is 0 Å². The molecule has 2 saturated heterocycles. The van der Waals surface area contributed by atoms with E-state index in [1.807, 2.05) is 7.05 Å². The average Bonchev–Trinajstić information content (AvgIpc) is 3.20. The van der Waals surface area contributed by atoms with Gasteiger partial charge in [0.2, 0.25) is 0 Å². The van der Waals surface area contributed by atoms with Crippen LogP contribution in [0, 0.1) is 5.92 Å². The number of alkyl halides is 3. The van der Waals surface area contributed by atoms with Crippen molar-refractivity contribution in [3.05, 3.63) is 58.5 Å². The van der Waals surface area contributed by atoms with Crippen LogP contribution in [0.15, 0.2) is 41.0 Å². The highest BCUT2D eigenvalue weighted by Crippen LogP contribution is 2.49. The Hall–Kier alpha value is -1.99. The lowest BCUT2D eigenvalue weighted by molar-refractivity contribution is -0.137. The van der Waals surface area contributed by atoms with Crippen LogP contribution in [0.1, 0.15) is 53.4 Å². The molecule has 3 fully saturated rings. The van der Waals surface area contributed by atoms with Gasteiger partial charge in [0.1, 0.15) is 11.8 Å². The summed E-state index contributed by atoms with van der Waals surface area (Å²) < 4.78 is 45.2. The third-order valence-corrected chi connectivity index (χ3v) is 6.86. The Labute approximate surface area is 172 Å². The number of amides is 1. The van der Waals surface area contributed by atoms with Crippen LogP contribution in [0.25, 0.3) is 0 Å². The van der Waals surface area contributed by atoms with E-state index in [2.05, 4.69) is 10.2 Å². The molecule has 1 aliphatic carbocycles. The maximum atomic E-state index is 13.2. The highest BCUT2D eigenvalue weighted by molar-refractivity contribution is 6.34. The first-order valence-corrected chi connectivity index (χ1v) is 10.0. The fourth-order valence-electron chi connectivity index (χ4n) is 4.88. The molecule has 2 bridgehead atoms. The Bertz CT molecular complexity index is 890. The Morgan fingerprint density at radius 3 is 2.59 bits per heavy atom. The van der Waals surface area contributed by atoms with Gasteiger partial charge in [-0.05, 0) is 62.9 Å². The smallest absolute Gasteiger partial charge is 0.417 e. The summed E-state index contributed by atoms with van der Waals surface area (Å²) in [6.07, 6.45) is 0.793. The summed E-state index contributed by atoms with van der Waals surface area (Å²) in [6.45, 7) is 0.928. The first-order chi connectivity index (χ1) is 13.7. The van der Waals surface area contributed by atoms with Crippen molar-refractivity contribution < 1.29 is 22.4 Å². The van der Waals surface area contributed by atoms with Crippen molar-refractivity contribution in [2.24, 2.45) is 5.92 Å². The zero-order chi connectivity index (χ0) is 20.8. The van der Waals surface area contributed by atoms with Gasteiger partial charge >= 0.3 is 6.18 Å². The van der Waals surface area contributed by atoms with Gasteiger partial charge in [-0.1, -0.05) is 17.7 Å². The summed E-state index contributed by atoms with van der Waals surface area (Å²) in [7, 11) is 2.03. The molecule has 3 heterocycles. The maximum absolute atomic E-state index is 13.2. The minimum Gasteiger partial charge on any atom is -0.467 e. The second kappa shape index (κ2) is 7.36. The number of fused-ring (bicyclic) bond motifs is 3. The number of benzene rings is 1. The summed E-state index contributed by atoms with van der Waals surface area (Å²) >= 11 is 5.97. The minimum atomic E-state index is -4.63. The van der Waals surface area contributed by atoms with Crippen LogP contribution in [0.5, 0.6) is 0 Å². The number of carbonyl (C=O) groups excluding carboxylic acids is 1. The van der Waals surface area contributed by atoms with E-state index in [1.54, 1.807) is 12.1 Å². The van der Waals surface area contributed by atoms with Crippen molar-refractivity contribution >= 4 is 17.5 Å².